The van der Waals surface area contributed by atoms with E-state index in [-0.39, 0.29) is 5.91 Å². The fourth-order valence-electron chi connectivity index (χ4n) is 4.42. The summed E-state index contributed by atoms with van der Waals surface area (Å²) in [6, 6.07) is 18.4. The highest BCUT2D eigenvalue weighted by atomic mass is 16.5. The van der Waals surface area contributed by atoms with Gasteiger partial charge in [-0.15, -0.1) is 0 Å². The topological polar surface area (TPSA) is 45.3 Å². The van der Waals surface area contributed by atoms with Crippen LogP contribution in [-0.4, -0.2) is 28.9 Å². The molecule has 0 unspecified atom stereocenters. The van der Waals surface area contributed by atoms with Crippen molar-refractivity contribution in [2.75, 3.05) is 13.2 Å². The normalized spacial score (nSPS) is 13.7. The standard InChI is InChI=1S/C25H24N2O2/c1-3-29-23-11-9-17-6-4-5-7-18(17)24(23)25(28)27-13-12-21-20(15-27)19-10-8-16(2)14-22(19)26-21/h4-11,14,26H,3,12-13,15H2,1-2H3. The van der Waals surface area contributed by atoms with E-state index >= 15 is 0 Å². The highest BCUT2D eigenvalue weighted by molar-refractivity contribution is 6.09. The molecule has 3 aromatic carbocycles. The molecule has 0 atom stereocenters. The van der Waals surface area contributed by atoms with Gasteiger partial charge in [0, 0.05) is 41.7 Å². The number of ether oxygens (including phenoxy) is 1. The number of fused-ring (bicyclic) bond motifs is 4. The second kappa shape index (κ2) is 6.96. The van der Waals surface area contributed by atoms with Crippen molar-refractivity contribution in [2.24, 2.45) is 0 Å². The summed E-state index contributed by atoms with van der Waals surface area (Å²) in [6.45, 7) is 5.90. The van der Waals surface area contributed by atoms with Crippen molar-refractivity contribution < 1.29 is 9.53 Å². The van der Waals surface area contributed by atoms with Crippen LogP contribution in [0.15, 0.2) is 54.6 Å². The average molecular weight is 384 g/mol. The number of aromatic nitrogens is 1. The summed E-state index contributed by atoms with van der Waals surface area (Å²) in [5.41, 5.74) is 5.55. The number of benzene rings is 3. The van der Waals surface area contributed by atoms with Crippen molar-refractivity contribution in [1.29, 1.82) is 0 Å². The Hall–Kier alpha value is -3.27. The first-order valence-corrected chi connectivity index (χ1v) is 10.2. The number of aryl methyl sites for hydroxylation is 1. The molecule has 29 heavy (non-hydrogen) atoms. The van der Waals surface area contributed by atoms with E-state index in [9.17, 15) is 4.79 Å². The van der Waals surface area contributed by atoms with Crippen LogP contribution in [0.4, 0.5) is 0 Å². The van der Waals surface area contributed by atoms with Crippen LogP contribution in [0.5, 0.6) is 5.75 Å². The van der Waals surface area contributed by atoms with E-state index in [1.54, 1.807) is 0 Å². The van der Waals surface area contributed by atoms with Gasteiger partial charge in [-0.2, -0.15) is 0 Å². The summed E-state index contributed by atoms with van der Waals surface area (Å²) in [5.74, 6) is 0.703. The molecule has 1 aromatic heterocycles. The van der Waals surface area contributed by atoms with Crippen molar-refractivity contribution >= 4 is 27.6 Å². The Kier molecular flexibility index (Phi) is 4.27. The summed E-state index contributed by atoms with van der Waals surface area (Å²) in [4.78, 5) is 19.2. The van der Waals surface area contributed by atoms with Crippen LogP contribution in [-0.2, 0) is 13.0 Å². The molecule has 1 aliphatic rings. The molecule has 4 heteroatoms. The summed E-state index contributed by atoms with van der Waals surface area (Å²) in [6.07, 6.45) is 0.837. The van der Waals surface area contributed by atoms with Crippen LogP contribution in [0.2, 0.25) is 0 Å². The van der Waals surface area contributed by atoms with E-state index in [1.165, 1.54) is 22.2 Å². The smallest absolute Gasteiger partial charge is 0.258 e. The second-order valence-corrected chi connectivity index (χ2v) is 7.70. The fourth-order valence-corrected chi connectivity index (χ4v) is 4.42. The molecule has 146 valence electrons. The van der Waals surface area contributed by atoms with Crippen LogP contribution in [0.3, 0.4) is 0 Å². The summed E-state index contributed by atoms with van der Waals surface area (Å²) in [5, 5.41) is 3.22. The first-order chi connectivity index (χ1) is 14.2. The van der Waals surface area contributed by atoms with E-state index in [0.29, 0.717) is 31.0 Å². The molecule has 0 fully saturated rings. The molecular weight excluding hydrogens is 360 g/mol. The van der Waals surface area contributed by atoms with Gasteiger partial charge in [0.05, 0.1) is 12.2 Å². The number of nitrogens with zero attached hydrogens (tertiary/aromatic N) is 1. The zero-order valence-corrected chi connectivity index (χ0v) is 16.8. The second-order valence-electron chi connectivity index (χ2n) is 7.70. The van der Waals surface area contributed by atoms with Crippen LogP contribution < -0.4 is 4.74 Å². The molecule has 1 aliphatic heterocycles. The highest BCUT2D eigenvalue weighted by Gasteiger charge is 2.27. The Bertz CT molecular complexity index is 1240. The van der Waals surface area contributed by atoms with Gasteiger partial charge in [-0.25, -0.2) is 0 Å². The number of H-pyrrole nitrogens is 1. The minimum atomic E-state index is 0.0392. The lowest BCUT2D eigenvalue weighted by Gasteiger charge is -2.28. The first-order valence-electron chi connectivity index (χ1n) is 10.2. The molecule has 0 aliphatic carbocycles. The van der Waals surface area contributed by atoms with Crippen molar-refractivity contribution in [2.45, 2.75) is 26.8 Å². The fraction of sp³-hybridized carbons (Fsp3) is 0.240. The van der Waals surface area contributed by atoms with E-state index in [1.807, 2.05) is 48.2 Å². The van der Waals surface area contributed by atoms with Crippen LogP contribution >= 0.6 is 0 Å². The Morgan fingerprint density at radius 2 is 1.97 bits per heavy atom. The zero-order chi connectivity index (χ0) is 20.0. The maximum atomic E-state index is 13.7. The monoisotopic (exact) mass is 384 g/mol. The SMILES string of the molecule is CCOc1ccc2ccccc2c1C(=O)N1CCc2[nH]c3cc(C)ccc3c2C1. The van der Waals surface area contributed by atoms with E-state index in [0.717, 1.165) is 22.7 Å². The number of hydrogen-bond donors (Lipinski definition) is 1. The Morgan fingerprint density at radius 3 is 2.83 bits per heavy atom. The molecular formula is C25H24N2O2. The van der Waals surface area contributed by atoms with Crippen molar-refractivity contribution in [1.82, 2.24) is 9.88 Å². The molecule has 5 rings (SSSR count). The van der Waals surface area contributed by atoms with Crippen LogP contribution in [0.25, 0.3) is 21.7 Å². The number of nitrogens with one attached hydrogen (secondary N) is 1. The van der Waals surface area contributed by atoms with Gasteiger partial charge in [0.25, 0.3) is 5.91 Å². The number of amides is 1. The molecule has 1 N–H and O–H groups in total. The molecule has 0 saturated heterocycles. The minimum absolute atomic E-state index is 0.0392. The Morgan fingerprint density at radius 1 is 1.10 bits per heavy atom. The number of hydrogen-bond acceptors (Lipinski definition) is 2. The third-order valence-corrected chi connectivity index (χ3v) is 5.82. The van der Waals surface area contributed by atoms with Gasteiger partial charge in [-0.3, -0.25) is 4.79 Å². The number of rotatable bonds is 3. The lowest BCUT2D eigenvalue weighted by molar-refractivity contribution is 0.0733. The summed E-state index contributed by atoms with van der Waals surface area (Å²) >= 11 is 0. The maximum absolute atomic E-state index is 13.7. The molecule has 0 radical (unpaired) electrons. The van der Waals surface area contributed by atoms with Crippen molar-refractivity contribution in [3.8, 4) is 5.75 Å². The largest absolute Gasteiger partial charge is 0.493 e. The van der Waals surface area contributed by atoms with Gasteiger partial charge < -0.3 is 14.6 Å². The van der Waals surface area contributed by atoms with E-state index in [2.05, 4.69) is 30.1 Å². The summed E-state index contributed by atoms with van der Waals surface area (Å²) in [7, 11) is 0. The zero-order valence-electron chi connectivity index (χ0n) is 16.8. The van der Waals surface area contributed by atoms with E-state index in [4.69, 9.17) is 4.74 Å². The Labute approximate surface area is 170 Å². The Balaban J connectivity index is 1.57. The predicted molar refractivity (Wildman–Crippen MR) is 117 cm³/mol. The van der Waals surface area contributed by atoms with Gasteiger partial charge in [-0.05, 0) is 42.3 Å². The van der Waals surface area contributed by atoms with Crippen molar-refractivity contribution in [3.05, 3.63) is 77.0 Å². The highest BCUT2D eigenvalue weighted by Crippen LogP contribution is 2.33. The van der Waals surface area contributed by atoms with Crippen LogP contribution in [0, 0.1) is 6.92 Å². The first kappa shape index (κ1) is 17.8. The van der Waals surface area contributed by atoms with Crippen LogP contribution in [0.1, 0.15) is 34.1 Å². The van der Waals surface area contributed by atoms with Gasteiger partial charge in [0.1, 0.15) is 5.75 Å². The number of carbonyl (C=O) groups is 1. The molecule has 2 heterocycles. The molecule has 0 bridgehead atoms. The van der Waals surface area contributed by atoms with Gasteiger partial charge in [0.15, 0.2) is 0 Å². The average Bonchev–Trinajstić information content (AvgIpc) is 3.10. The van der Waals surface area contributed by atoms with Gasteiger partial charge in [-0.1, -0.05) is 42.5 Å². The quantitative estimate of drug-likeness (QED) is 0.526. The number of carbonyl (C=O) groups excluding carboxylic acids is 1. The molecule has 4 nitrogen and oxygen atoms in total. The third kappa shape index (κ3) is 2.96. The third-order valence-electron chi connectivity index (χ3n) is 5.82. The predicted octanol–water partition coefficient (Wildman–Crippen LogP) is 5.23. The van der Waals surface area contributed by atoms with Gasteiger partial charge >= 0.3 is 0 Å². The lowest BCUT2D eigenvalue weighted by Crippen LogP contribution is -2.36. The summed E-state index contributed by atoms with van der Waals surface area (Å²) < 4.78 is 5.84. The lowest BCUT2D eigenvalue weighted by atomic mass is 9.99. The van der Waals surface area contributed by atoms with Gasteiger partial charge in [0.2, 0.25) is 0 Å². The maximum Gasteiger partial charge on any atom is 0.258 e. The molecule has 0 spiro atoms. The molecule has 1 amide bonds. The molecule has 0 saturated carbocycles. The van der Waals surface area contributed by atoms with Crippen molar-refractivity contribution in [3.63, 3.8) is 0 Å². The minimum Gasteiger partial charge on any atom is -0.493 e. The number of aromatic amines is 1. The molecule has 4 aromatic rings. The van der Waals surface area contributed by atoms with E-state index < -0.39 is 0 Å².